The molecule has 0 aliphatic rings. The van der Waals surface area contributed by atoms with E-state index in [1.807, 2.05) is 0 Å². The summed E-state index contributed by atoms with van der Waals surface area (Å²) in [5, 5.41) is 0. The van der Waals surface area contributed by atoms with Crippen LogP contribution in [0.3, 0.4) is 0 Å². The van der Waals surface area contributed by atoms with E-state index in [4.69, 9.17) is 4.42 Å². The van der Waals surface area contributed by atoms with Gasteiger partial charge in [0, 0.05) is 11.6 Å². The molecule has 2 rings (SSSR count). The van der Waals surface area contributed by atoms with Crippen LogP contribution in [0.1, 0.15) is 16.1 Å². The van der Waals surface area contributed by atoms with Crippen molar-refractivity contribution < 1.29 is 27.9 Å². The van der Waals surface area contributed by atoms with Crippen LogP contribution in [-0.2, 0) is 14.3 Å². The minimum Gasteiger partial charge on any atom is -0.465 e. The molecule has 0 spiro atoms. The number of nitrogens with one attached hydrogen (secondary N) is 2. The van der Waals surface area contributed by atoms with Gasteiger partial charge in [0.25, 0.3) is 11.8 Å². The number of halogens is 1. The van der Waals surface area contributed by atoms with E-state index in [1.165, 1.54) is 24.5 Å². The summed E-state index contributed by atoms with van der Waals surface area (Å²) in [5.41, 5.74) is 4.34. The summed E-state index contributed by atoms with van der Waals surface area (Å²) in [7, 11) is 0. The van der Waals surface area contributed by atoms with Gasteiger partial charge in [-0.15, -0.1) is 0 Å². The Morgan fingerprint density at radius 1 is 1.12 bits per heavy atom. The molecule has 0 bridgehead atoms. The van der Waals surface area contributed by atoms with E-state index >= 15 is 0 Å². The Bertz CT molecular complexity index is 738. The lowest BCUT2D eigenvalue weighted by atomic mass is 10.2. The van der Waals surface area contributed by atoms with Gasteiger partial charge in [-0.25, -0.2) is 9.18 Å². The molecular formula is C16H13FN2O5. The maximum absolute atomic E-state index is 12.7. The maximum atomic E-state index is 12.7. The lowest BCUT2D eigenvalue weighted by Gasteiger charge is -2.07. The second-order valence-electron chi connectivity index (χ2n) is 4.47. The molecule has 0 atom stereocenters. The fourth-order valence-electron chi connectivity index (χ4n) is 1.56. The van der Waals surface area contributed by atoms with Gasteiger partial charge >= 0.3 is 5.97 Å². The zero-order valence-corrected chi connectivity index (χ0v) is 12.3. The molecule has 0 radical (unpaired) electrons. The quantitative estimate of drug-likeness (QED) is 0.490. The molecule has 0 saturated carbocycles. The molecular weight excluding hydrogens is 319 g/mol. The number of ether oxygens (including phenoxy) is 1. The fourth-order valence-corrected chi connectivity index (χ4v) is 1.56. The van der Waals surface area contributed by atoms with Crippen LogP contribution < -0.4 is 10.9 Å². The van der Waals surface area contributed by atoms with Crippen molar-refractivity contribution in [1.29, 1.82) is 0 Å². The van der Waals surface area contributed by atoms with Gasteiger partial charge in [0.2, 0.25) is 0 Å². The molecule has 2 aromatic rings. The first-order valence-corrected chi connectivity index (χ1v) is 6.77. The molecule has 0 aliphatic carbocycles. The minimum atomic E-state index is -0.744. The van der Waals surface area contributed by atoms with Gasteiger partial charge in [-0.05, 0) is 42.5 Å². The van der Waals surface area contributed by atoms with E-state index in [9.17, 15) is 18.8 Å². The van der Waals surface area contributed by atoms with Gasteiger partial charge in [0.1, 0.15) is 11.6 Å². The molecule has 1 heterocycles. The van der Waals surface area contributed by atoms with Crippen molar-refractivity contribution in [2.75, 3.05) is 6.61 Å². The summed E-state index contributed by atoms with van der Waals surface area (Å²) in [6.45, 7) is -0.578. The van der Waals surface area contributed by atoms with Crippen molar-refractivity contribution in [3.63, 3.8) is 0 Å². The predicted octanol–water partition coefficient (Wildman–Crippen LogP) is 1.44. The second-order valence-corrected chi connectivity index (χ2v) is 4.47. The van der Waals surface area contributed by atoms with Crippen LogP contribution in [0.4, 0.5) is 4.39 Å². The van der Waals surface area contributed by atoms with Crippen LogP contribution >= 0.6 is 0 Å². The summed E-state index contributed by atoms with van der Waals surface area (Å²) in [5.74, 6) is -2.13. The number of hydrazine groups is 1. The normalized spacial score (nSPS) is 10.4. The molecule has 7 nitrogen and oxygen atoms in total. The van der Waals surface area contributed by atoms with Gasteiger partial charge in [0.15, 0.2) is 6.61 Å². The van der Waals surface area contributed by atoms with E-state index in [1.54, 1.807) is 12.1 Å². The molecule has 2 N–H and O–H groups in total. The van der Waals surface area contributed by atoms with Crippen LogP contribution in [0, 0.1) is 5.82 Å². The first-order valence-electron chi connectivity index (χ1n) is 6.77. The fraction of sp³-hybridized carbons (Fsp3) is 0.0625. The average molecular weight is 332 g/mol. The summed E-state index contributed by atoms with van der Waals surface area (Å²) in [6, 6.07) is 8.05. The lowest BCUT2D eigenvalue weighted by Crippen LogP contribution is -2.43. The number of benzene rings is 1. The van der Waals surface area contributed by atoms with E-state index < -0.39 is 30.2 Å². The van der Waals surface area contributed by atoms with E-state index in [2.05, 4.69) is 15.6 Å². The Labute approximate surface area is 136 Å². The summed E-state index contributed by atoms with van der Waals surface area (Å²) in [4.78, 5) is 34.5. The second kappa shape index (κ2) is 8.28. The third-order valence-corrected chi connectivity index (χ3v) is 2.69. The first-order chi connectivity index (χ1) is 11.5. The Hall–Kier alpha value is -3.42. The van der Waals surface area contributed by atoms with Crippen molar-refractivity contribution in [2.24, 2.45) is 0 Å². The molecule has 0 fully saturated rings. The topological polar surface area (TPSA) is 97.6 Å². The molecule has 1 aromatic carbocycles. The Morgan fingerprint density at radius 2 is 1.88 bits per heavy atom. The standard InChI is InChI=1S/C16H13FN2O5/c17-12-5-3-11(4-6-12)16(22)19-18-14(20)10-24-15(21)8-7-13-2-1-9-23-13/h1-9H,10H2,(H,18,20)(H,19,22). The molecule has 0 saturated heterocycles. The minimum absolute atomic E-state index is 0.162. The third kappa shape index (κ3) is 5.41. The predicted molar refractivity (Wildman–Crippen MR) is 80.7 cm³/mol. The number of furan rings is 1. The summed E-state index contributed by atoms with van der Waals surface area (Å²) >= 11 is 0. The molecule has 1 aromatic heterocycles. The van der Waals surface area contributed by atoms with Crippen molar-refractivity contribution in [2.45, 2.75) is 0 Å². The van der Waals surface area contributed by atoms with Gasteiger partial charge in [-0.1, -0.05) is 0 Å². The van der Waals surface area contributed by atoms with Crippen molar-refractivity contribution in [1.82, 2.24) is 10.9 Å². The van der Waals surface area contributed by atoms with Crippen LogP contribution in [-0.4, -0.2) is 24.4 Å². The first kappa shape index (κ1) is 16.9. The van der Waals surface area contributed by atoms with Crippen molar-refractivity contribution >= 4 is 23.9 Å². The number of carbonyl (C=O) groups excluding carboxylic acids is 3. The van der Waals surface area contributed by atoms with Crippen LogP contribution in [0.25, 0.3) is 6.08 Å². The van der Waals surface area contributed by atoms with Crippen molar-refractivity contribution in [3.05, 3.63) is 65.9 Å². The molecule has 2 amide bonds. The highest BCUT2D eigenvalue weighted by Gasteiger charge is 2.09. The zero-order chi connectivity index (χ0) is 17.4. The molecule has 0 unspecified atom stereocenters. The highest BCUT2D eigenvalue weighted by atomic mass is 19.1. The maximum Gasteiger partial charge on any atom is 0.331 e. The van der Waals surface area contributed by atoms with E-state index in [0.29, 0.717) is 5.76 Å². The average Bonchev–Trinajstić information content (AvgIpc) is 3.10. The smallest absolute Gasteiger partial charge is 0.331 e. The van der Waals surface area contributed by atoms with Crippen LogP contribution in [0.5, 0.6) is 0 Å². The molecule has 124 valence electrons. The van der Waals surface area contributed by atoms with E-state index in [0.717, 1.165) is 18.2 Å². The SMILES string of the molecule is O=C(COC(=O)C=Cc1ccco1)NNC(=O)c1ccc(F)cc1. The third-order valence-electron chi connectivity index (χ3n) is 2.69. The number of rotatable bonds is 5. The number of carbonyl (C=O) groups is 3. The van der Waals surface area contributed by atoms with E-state index in [-0.39, 0.29) is 5.56 Å². The number of esters is 1. The van der Waals surface area contributed by atoms with Crippen LogP contribution in [0.2, 0.25) is 0 Å². The van der Waals surface area contributed by atoms with Gasteiger partial charge in [-0.2, -0.15) is 0 Å². The molecule has 0 aliphatic heterocycles. The number of amides is 2. The van der Waals surface area contributed by atoms with Gasteiger partial charge in [0.05, 0.1) is 6.26 Å². The van der Waals surface area contributed by atoms with Crippen molar-refractivity contribution in [3.8, 4) is 0 Å². The molecule has 24 heavy (non-hydrogen) atoms. The number of hydrogen-bond donors (Lipinski definition) is 2. The van der Waals surface area contributed by atoms with Gasteiger partial charge in [-0.3, -0.25) is 20.4 Å². The summed E-state index contributed by atoms with van der Waals surface area (Å²) in [6.07, 6.45) is 3.93. The Balaban J connectivity index is 1.70. The van der Waals surface area contributed by atoms with Crippen LogP contribution in [0.15, 0.2) is 53.2 Å². The Kier molecular flexibility index (Phi) is 5.84. The summed E-state index contributed by atoms with van der Waals surface area (Å²) < 4.78 is 22.4. The lowest BCUT2D eigenvalue weighted by molar-refractivity contribution is -0.144. The number of hydrogen-bond acceptors (Lipinski definition) is 5. The van der Waals surface area contributed by atoms with Gasteiger partial charge < -0.3 is 9.15 Å². The zero-order valence-electron chi connectivity index (χ0n) is 12.3. The Morgan fingerprint density at radius 3 is 2.54 bits per heavy atom. The monoisotopic (exact) mass is 332 g/mol. The molecule has 8 heteroatoms. The highest BCUT2D eigenvalue weighted by molar-refractivity contribution is 5.95. The largest absolute Gasteiger partial charge is 0.465 e. The highest BCUT2D eigenvalue weighted by Crippen LogP contribution is 2.03.